The van der Waals surface area contributed by atoms with Gasteiger partial charge in [-0.05, 0) is 24.3 Å². The molecule has 0 heterocycles. The van der Waals surface area contributed by atoms with Crippen LogP contribution in [0.2, 0.25) is 20.1 Å². The molecule has 7 heteroatoms. The maximum atomic E-state index is 12.5. The van der Waals surface area contributed by atoms with Gasteiger partial charge < -0.3 is 0 Å². The molecule has 0 aromatic heterocycles. The molecule has 100 valence electrons. The molecular weight excluding hydrogens is 350 g/mol. The van der Waals surface area contributed by atoms with Crippen LogP contribution in [0.5, 0.6) is 0 Å². The van der Waals surface area contributed by atoms with Crippen molar-refractivity contribution >= 4 is 56.2 Å². The molecule has 0 aliphatic rings. The Morgan fingerprint density at radius 3 is 1.79 bits per heavy atom. The van der Waals surface area contributed by atoms with Gasteiger partial charge in [0.2, 0.25) is 9.84 Å². The van der Waals surface area contributed by atoms with Crippen molar-refractivity contribution in [2.24, 2.45) is 0 Å². The molecule has 2 rings (SSSR count). The molecule has 2 nitrogen and oxygen atoms in total. The number of rotatable bonds is 2. The third-order valence-corrected chi connectivity index (χ3v) is 6.07. The van der Waals surface area contributed by atoms with Crippen molar-refractivity contribution in [1.29, 1.82) is 0 Å². The number of benzene rings is 2. The molecule has 2 aromatic carbocycles. The molecule has 0 fully saturated rings. The van der Waals surface area contributed by atoms with Crippen molar-refractivity contribution in [3.8, 4) is 0 Å². The monoisotopic (exact) mass is 354 g/mol. The second-order valence-electron chi connectivity index (χ2n) is 3.61. The van der Waals surface area contributed by atoms with E-state index >= 15 is 0 Å². The highest BCUT2D eigenvalue weighted by Gasteiger charge is 2.26. The molecule has 2 aromatic rings. The van der Waals surface area contributed by atoms with E-state index in [-0.39, 0.29) is 29.9 Å². The zero-order valence-electron chi connectivity index (χ0n) is 9.20. The summed E-state index contributed by atoms with van der Waals surface area (Å²) in [6.45, 7) is 0. The van der Waals surface area contributed by atoms with Gasteiger partial charge in [-0.25, -0.2) is 8.42 Å². The Hall–Kier alpha value is -0.450. The van der Waals surface area contributed by atoms with Gasteiger partial charge in [-0.15, -0.1) is 0 Å². The SMILES string of the molecule is O=S(=O)(c1cccc(Cl)c1Cl)c1c(Cl)cccc1Cl. The van der Waals surface area contributed by atoms with E-state index in [2.05, 4.69) is 0 Å². The van der Waals surface area contributed by atoms with Crippen molar-refractivity contribution in [2.45, 2.75) is 9.79 Å². The summed E-state index contributed by atoms with van der Waals surface area (Å²) >= 11 is 23.6. The average molecular weight is 356 g/mol. The van der Waals surface area contributed by atoms with Crippen LogP contribution >= 0.6 is 46.4 Å². The first kappa shape index (κ1) is 14.9. The van der Waals surface area contributed by atoms with Gasteiger partial charge in [-0.2, -0.15) is 0 Å². The molecule has 0 unspecified atom stereocenters. The zero-order valence-corrected chi connectivity index (χ0v) is 13.0. The van der Waals surface area contributed by atoms with Crippen LogP contribution in [0, 0.1) is 0 Å². The molecule has 0 aliphatic carbocycles. The lowest BCUT2D eigenvalue weighted by molar-refractivity contribution is 0.596. The van der Waals surface area contributed by atoms with Crippen LogP contribution in [-0.4, -0.2) is 8.42 Å². The maximum Gasteiger partial charge on any atom is 0.211 e. The van der Waals surface area contributed by atoms with Crippen molar-refractivity contribution in [2.75, 3.05) is 0 Å². The van der Waals surface area contributed by atoms with Crippen LogP contribution in [0.4, 0.5) is 0 Å². The predicted molar refractivity (Wildman–Crippen MR) is 78.4 cm³/mol. The topological polar surface area (TPSA) is 34.1 Å². The standard InChI is InChI=1S/C12H6Cl4O2S/c13-7-3-2-6-10(11(7)16)19(17,18)12-8(14)4-1-5-9(12)15/h1-6H. The summed E-state index contributed by atoms with van der Waals surface area (Å²) in [7, 11) is -3.93. The number of halogens is 4. The third kappa shape index (κ3) is 2.71. The lowest BCUT2D eigenvalue weighted by Gasteiger charge is -2.10. The first-order chi connectivity index (χ1) is 8.85. The molecule has 19 heavy (non-hydrogen) atoms. The fourth-order valence-corrected chi connectivity index (χ4v) is 4.68. The number of hydrogen-bond donors (Lipinski definition) is 0. The lowest BCUT2D eigenvalue weighted by Crippen LogP contribution is -2.04. The van der Waals surface area contributed by atoms with Crippen LogP contribution in [0.1, 0.15) is 0 Å². The Bertz CT molecular complexity index is 721. The molecule has 0 saturated carbocycles. The van der Waals surface area contributed by atoms with E-state index < -0.39 is 9.84 Å². The van der Waals surface area contributed by atoms with Gasteiger partial charge >= 0.3 is 0 Å². The second-order valence-corrected chi connectivity index (χ2v) is 7.06. The normalized spacial score (nSPS) is 11.6. The minimum absolute atomic E-state index is 0.0311. The van der Waals surface area contributed by atoms with Gasteiger partial charge in [0.15, 0.2) is 0 Å². The Balaban J connectivity index is 2.77. The lowest BCUT2D eigenvalue weighted by atomic mass is 10.3. The van der Waals surface area contributed by atoms with Crippen molar-refractivity contribution in [3.63, 3.8) is 0 Å². The van der Waals surface area contributed by atoms with Crippen LogP contribution in [0.25, 0.3) is 0 Å². The Morgan fingerprint density at radius 1 is 0.737 bits per heavy atom. The van der Waals surface area contributed by atoms with Gasteiger partial charge in [0.1, 0.15) is 4.90 Å². The molecule has 0 aliphatic heterocycles. The van der Waals surface area contributed by atoms with E-state index in [4.69, 9.17) is 46.4 Å². The Labute approximate surface area is 130 Å². The number of sulfone groups is 1. The van der Waals surface area contributed by atoms with Gasteiger partial charge in [0.05, 0.1) is 25.0 Å². The van der Waals surface area contributed by atoms with E-state index in [1.165, 1.54) is 30.3 Å². The summed E-state index contributed by atoms with van der Waals surface area (Å²) in [5, 5.41) is 0.151. The predicted octanol–water partition coefficient (Wildman–Crippen LogP) is 5.13. The first-order valence-corrected chi connectivity index (χ1v) is 7.98. The Morgan fingerprint density at radius 2 is 1.21 bits per heavy atom. The van der Waals surface area contributed by atoms with E-state index in [9.17, 15) is 8.42 Å². The molecule has 0 N–H and O–H groups in total. The molecule has 0 radical (unpaired) electrons. The fourth-order valence-electron chi connectivity index (χ4n) is 1.54. The van der Waals surface area contributed by atoms with Crippen molar-refractivity contribution < 1.29 is 8.42 Å². The summed E-state index contributed by atoms with van der Waals surface area (Å²) in [6, 6.07) is 8.78. The summed E-state index contributed by atoms with van der Waals surface area (Å²) < 4.78 is 25.1. The van der Waals surface area contributed by atoms with Crippen molar-refractivity contribution in [1.82, 2.24) is 0 Å². The minimum Gasteiger partial charge on any atom is -0.218 e. The van der Waals surface area contributed by atoms with Gasteiger partial charge in [0.25, 0.3) is 0 Å². The van der Waals surface area contributed by atoms with Gasteiger partial charge in [-0.3, -0.25) is 0 Å². The third-order valence-electron chi connectivity index (χ3n) is 2.39. The van der Waals surface area contributed by atoms with Gasteiger partial charge in [0, 0.05) is 0 Å². The van der Waals surface area contributed by atoms with Crippen molar-refractivity contribution in [3.05, 3.63) is 56.5 Å². The number of hydrogen-bond acceptors (Lipinski definition) is 2. The van der Waals surface area contributed by atoms with Gasteiger partial charge in [-0.1, -0.05) is 58.5 Å². The highest BCUT2D eigenvalue weighted by atomic mass is 35.5. The Kier molecular flexibility index (Phi) is 4.33. The van der Waals surface area contributed by atoms with E-state index in [0.717, 1.165) is 0 Å². The summed E-state index contributed by atoms with van der Waals surface area (Å²) in [4.78, 5) is -0.306. The van der Waals surface area contributed by atoms with Crippen LogP contribution in [-0.2, 0) is 9.84 Å². The summed E-state index contributed by atoms with van der Waals surface area (Å²) in [5.74, 6) is 0. The molecule has 0 amide bonds. The zero-order chi connectivity index (χ0) is 14.2. The molecule has 0 saturated heterocycles. The van der Waals surface area contributed by atoms with Crippen LogP contribution in [0.3, 0.4) is 0 Å². The largest absolute Gasteiger partial charge is 0.218 e. The molecular formula is C12H6Cl4O2S. The minimum atomic E-state index is -3.93. The first-order valence-electron chi connectivity index (χ1n) is 4.99. The van der Waals surface area contributed by atoms with E-state index in [1.807, 2.05) is 0 Å². The highest BCUT2D eigenvalue weighted by molar-refractivity contribution is 7.91. The maximum absolute atomic E-state index is 12.5. The smallest absolute Gasteiger partial charge is 0.211 e. The van der Waals surface area contributed by atoms with Crippen LogP contribution in [0.15, 0.2) is 46.2 Å². The fraction of sp³-hybridized carbons (Fsp3) is 0. The van der Waals surface area contributed by atoms with E-state index in [1.54, 1.807) is 6.07 Å². The molecule has 0 bridgehead atoms. The highest BCUT2D eigenvalue weighted by Crippen LogP contribution is 2.38. The summed E-state index contributed by atoms with van der Waals surface area (Å²) in [5.41, 5.74) is 0. The van der Waals surface area contributed by atoms with E-state index in [0.29, 0.717) is 0 Å². The average Bonchev–Trinajstić information content (AvgIpc) is 2.32. The quantitative estimate of drug-likeness (QED) is 0.747. The second kappa shape index (κ2) is 5.51. The molecule has 0 spiro atoms. The summed E-state index contributed by atoms with van der Waals surface area (Å²) in [6.07, 6.45) is 0. The van der Waals surface area contributed by atoms with Crippen LogP contribution < -0.4 is 0 Å². The molecule has 0 atom stereocenters.